The second kappa shape index (κ2) is 4.24. The van der Waals surface area contributed by atoms with Crippen molar-refractivity contribution in [3.63, 3.8) is 0 Å². The molecule has 1 aromatic rings. The van der Waals surface area contributed by atoms with Crippen LogP contribution in [-0.2, 0) is 0 Å². The van der Waals surface area contributed by atoms with Crippen LogP contribution < -0.4 is 5.32 Å². The fraction of sp³-hybridized carbons (Fsp3) is 0.333. The van der Waals surface area contributed by atoms with Gasteiger partial charge in [0.25, 0.3) is 0 Å². The van der Waals surface area contributed by atoms with Gasteiger partial charge in [0.2, 0.25) is 0 Å². The molecular formula is C12H12N2O. The van der Waals surface area contributed by atoms with Crippen molar-refractivity contribution in [2.45, 2.75) is 12.5 Å². The van der Waals surface area contributed by atoms with Crippen molar-refractivity contribution in [2.75, 3.05) is 6.54 Å². The molecule has 0 radical (unpaired) electrons. The first-order chi connectivity index (χ1) is 7.35. The first-order valence-corrected chi connectivity index (χ1v) is 5.02. The summed E-state index contributed by atoms with van der Waals surface area (Å²) in [4.78, 5) is 10.8. The van der Waals surface area contributed by atoms with E-state index >= 15 is 0 Å². The minimum atomic E-state index is 0.0645. The fourth-order valence-corrected chi connectivity index (χ4v) is 2.01. The molecule has 1 fully saturated rings. The van der Waals surface area contributed by atoms with Crippen molar-refractivity contribution < 1.29 is 4.79 Å². The molecule has 0 amide bonds. The van der Waals surface area contributed by atoms with Gasteiger partial charge in [0, 0.05) is 18.2 Å². The average Bonchev–Trinajstić information content (AvgIpc) is 2.77. The Morgan fingerprint density at radius 1 is 1.47 bits per heavy atom. The molecule has 3 nitrogen and oxygen atoms in total. The molecule has 0 spiro atoms. The van der Waals surface area contributed by atoms with Crippen molar-refractivity contribution in [1.82, 2.24) is 5.32 Å². The molecule has 0 aromatic heterocycles. The molecule has 15 heavy (non-hydrogen) atoms. The molecule has 1 aliphatic heterocycles. The summed E-state index contributed by atoms with van der Waals surface area (Å²) in [7, 11) is 0. The highest BCUT2D eigenvalue weighted by atomic mass is 16.1. The zero-order chi connectivity index (χ0) is 10.7. The van der Waals surface area contributed by atoms with Gasteiger partial charge in [0.15, 0.2) is 0 Å². The number of nitrogens with one attached hydrogen (secondary N) is 1. The molecule has 0 bridgehead atoms. The summed E-state index contributed by atoms with van der Waals surface area (Å²) in [5, 5.41) is 12.1. The predicted octanol–water partition coefficient (Wildman–Crippen LogP) is 1.67. The van der Waals surface area contributed by atoms with E-state index in [9.17, 15) is 4.79 Å². The summed E-state index contributed by atoms with van der Waals surface area (Å²) in [5.74, 6) is 0.0645. The molecule has 2 rings (SSSR count). The van der Waals surface area contributed by atoms with Crippen LogP contribution in [0.4, 0.5) is 0 Å². The van der Waals surface area contributed by atoms with E-state index in [1.54, 1.807) is 0 Å². The Balaban J connectivity index is 2.24. The highest BCUT2D eigenvalue weighted by Gasteiger charge is 2.26. The van der Waals surface area contributed by atoms with Gasteiger partial charge in [-0.25, -0.2) is 0 Å². The van der Waals surface area contributed by atoms with Crippen LogP contribution in [0.15, 0.2) is 24.3 Å². The molecule has 1 N–H and O–H groups in total. The van der Waals surface area contributed by atoms with Crippen molar-refractivity contribution >= 4 is 6.29 Å². The largest absolute Gasteiger partial charge is 0.309 e. The van der Waals surface area contributed by atoms with E-state index in [-0.39, 0.29) is 12.0 Å². The minimum Gasteiger partial charge on any atom is -0.309 e. The zero-order valence-electron chi connectivity index (χ0n) is 8.31. The third kappa shape index (κ3) is 1.90. The molecule has 2 unspecified atom stereocenters. The summed E-state index contributed by atoms with van der Waals surface area (Å²) in [5.41, 5.74) is 1.72. The van der Waals surface area contributed by atoms with Crippen LogP contribution in [0.3, 0.4) is 0 Å². The molecule has 1 aliphatic rings. The quantitative estimate of drug-likeness (QED) is 0.739. The number of benzene rings is 1. The zero-order valence-corrected chi connectivity index (χ0v) is 8.31. The molecule has 0 aliphatic carbocycles. The summed E-state index contributed by atoms with van der Waals surface area (Å²) in [6.07, 6.45) is 1.66. The Morgan fingerprint density at radius 3 is 2.93 bits per heavy atom. The lowest BCUT2D eigenvalue weighted by Gasteiger charge is -2.12. The van der Waals surface area contributed by atoms with Crippen LogP contribution in [0.2, 0.25) is 0 Å². The lowest BCUT2D eigenvalue weighted by atomic mass is 9.97. The van der Waals surface area contributed by atoms with Gasteiger partial charge in [-0.1, -0.05) is 24.3 Å². The van der Waals surface area contributed by atoms with Crippen LogP contribution in [0.1, 0.15) is 28.4 Å². The second-order valence-corrected chi connectivity index (χ2v) is 3.77. The van der Waals surface area contributed by atoms with E-state index in [4.69, 9.17) is 5.26 Å². The number of carbonyl (C=O) groups is 1. The van der Waals surface area contributed by atoms with Gasteiger partial charge >= 0.3 is 0 Å². The third-order valence-electron chi connectivity index (χ3n) is 2.81. The van der Waals surface area contributed by atoms with Crippen molar-refractivity contribution in [3.8, 4) is 6.07 Å². The number of aldehydes is 1. The van der Waals surface area contributed by atoms with E-state index in [1.807, 2.05) is 24.3 Å². The molecular weight excluding hydrogens is 188 g/mol. The number of carbonyl (C=O) groups excluding carboxylic acids is 1. The fourth-order valence-electron chi connectivity index (χ4n) is 2.01. The van der Waals surface area contributed by atoms with Crippen LogP contribution in [0.25, 0.3) is 0 Å². The maximum Gasteiger partial charge on any atom is 0.150 e. The van der Waals surface area contributed by atoms with Crippen LogP contribution in [0.5, 0.6) is 0 Å². The van der Waals surface area contributed by atoms with Gasteiger partial charge in [-0.15, -0.1) is 0 Å². The van der Waals surface area contributed by atoms with E-state index in [0.717, 1.165) is 18.3 Å². The highest BCUT2D eigenvalue weighted by Crippen LogP contribution is 2.28. The first-order valence-electron chi connectivity index (χ1n) is 5.02. The first kappa shape index (κ1) is 9.88. The molecule has 0 saturated carbocycles. The van der Waals surface area contributed by atoms with Gasteiger partial charge in [-0.2, -0.15) is 5.26 Å². The maximum absolute atomic E-state index is 10.8. The molecule has 2 atom stereocenters. The number of nitriles is 1. The maximum atomic E-state index is 10.8. The topological polar surface area (TPSA) is 52.9 Å². The van der Waals surface area contributed by atoms with E-state index in [0.29, 0.717) is 12.1 Å². The lowest BCUT2D eigenvalue weighted by molar-refractivity contribution is 0.112. The normalized spacial score (nSPS) is 24.7. The number of rotatable bonds is 2. The second-order valence-electron chi connectivity index (χ2n) is 3.77. The minimum absolute atomic E-state index is 0.0645. The Labute approximate surface area is 88.7 Å². The van der Waals surface area contributed by atoms with Gasteiger partial charge in [0.05, 0.1) is 12.0 Å². The molecule has 1 saturated heterocycles. The van der Waals surface area contributed by atoms with E-state index in [1.165, 1.54) is 0 Å². The van der Waals surface area contributed by atoms with Gasteiger partial charge in [-0.05, 0) is 12.0 Å². The Bertz CT molecular complexity index is 408. The SMILES string of the molecule is N#CC1CNC(c2ccccc2C=O)C1. The van der Waals surface area contributed by atoms with Crippen molar-refractivity contribution in [1.29, 1.82) is 5.26 Å². The van der Waals surface area contributed by atoms with Gasteiger partial charge in [-0.3, -0.25) is 4.79 Å². The van der Waals surface area contributed by atoms with Crippen molar-refractivity contribution in [2.24, 2.45) is 5.92 Å². The van der Waals surface area contributed by atoms with Crippen LogP contribution in [-0.4, -0.2) is 12.8 Å². The third-order valence-corrected chi connectivity index (χ3v) is 2.81. The molecule has 3 heteroatoms. The standard InChI is InChI=1S/C12H12N2O/c13-6-9-5-12(14-7-9)11-4-2-1-3-10(11)8-15/h1-4,8-9,12,14H,5,7H2. The van der Waals surface area contributed by atoms with Crippen molar-refractivity contribution in [3.05, 3.63) is 35.4 Å². The van der Waals surface area contributed by atoms with Crippen LogP contribution >= 0.6 is 0 Å². The Kier molecular flexibility index (Phi) is 2.79. The smallest absolute Gasteiger partial charge is 0.150 e. The summed E-state index contributed by atoms with van der Waals surface area (Å²) >= 11 is 0. The molecule has 1 aromatic carbocycles. The van der Waals surface area contributed by atoms with E-state index in [2.05, 4.69) is 11.4 Å². The summed E-state index contributed by atoms with van der Waals surface area (Å²) in [6, 6.07) is 9.93. The summed E-state index contributed by atoms with van der Waals surface area (Å²) < 4.78 is 0. The Hall–Kier alpha value is -1.66. The van der Waals surface area contributed by atoms with Gasteiger partial charge < -0.3 is 5.32 Å². The highest BCUT2D eigenvalue weighted by molar-refractivity contribution is 5.77. The average molecular weight is 200 g/mol. The number of hydrogen-bond donors (Lipinski definition) is 1. The van der Waals surface area contributed by atoms with Crippen LogP contribution in [0, 0.1) is 17.2 Å². The summed E-state index contributed by atoms with van der Waals surface area (Å²) in [6.45, 7) is 0.717. The number of hydrogen-bond acceptors (Lipinski definition) is 3. The van der Waals surface area contributed by atoms with E-state index < -0.39 is 0 Å². The molecule has 76 valence electrons. The molecule has 1 heterocycles. The number of nitrogens with zero attached hydrogens (tertiary/aromatic N) is 1. The van der Waals surface area contributed by atoms with Gasteiger partial charge in [0.1, 0.15) is 6.29 Å². The Morgan fingerprint density at radius 2 is 2.27 bits per heavy atom. The monoisotopic (exact) mass is 200 g/mol. The predicted molar refractivity (Wildman–Crippen MR) is 56.3 cm³/mol. The lowest BCUT2D eigenvalue weighted by Crippen LogP contribution is -2.14.